The van der Waals surface area contributed by atoms with Crippen LogP contribution in [0, 0.1) is 5.92 Å². The van der Waals surface area contributed by atoms with Crippen LogP contribution in [0.1, 0.15) is 12.8 Å². The molecule has 3 unspecified atom stereocenters. The van der Waals surface area contributed by atoms with Crippen molar-refractivity contribution in [2.24, 2.45) is 11.7 Å². The molecule has 2 N–H and O–H groups in total. The van der Waals surface area contributed by atoms with E-state index < -0.39 is 9.84 Å². The predicted molar refractivity (Wildman–Crippen MR) is 66.6 cm³/mol. The first-order chi connectivity index (χ1) is 8.02. The largest absolute Gasteiger partial charge is 0.384 e. The third-order valence-electron chi connectivity index (χ3n) is 3.79. The summed E-state index contributed by atoms with van der Waals surface area (Å²) in [7, 11) is -1.21. The average molecular weight is 262 g/mol. The van der Waals surface area contributed by atoms with Crippen LogP contribution < -0.4 is 5.73 Å². The van der Waals surface area contributed by atoms with Crippen molar-refractivity contribution in [3.8, 4) is 0 Å². The van der Waals surface area contributed by atoms with Gasteiger partial charge in [0, 0.05) is 25.7 Å². The van der Waals surface area contributed by atoms with Gasteiger partial charge in [0.1, 0.15) is 0 Å². The zero-order valence-corrected chi connectivity index (χ0v) is 11.2. The van der Waals surface area contributed by atoms with Gasteiger partial charge in [-0.2, -0.15) is 0 Å². The number of nitrogens with two attached hydrogens (primary N) is 1. The molecule has 2 rings (SSSR count). The molecule has 0 aliphatic carbocycles. The van der Waals surface area contributed by atoms with E-state index in [2.05, 4.69) is 4.90 Å². The molecule has 2 fully saturated rings. The van der Waals surface area contributed by atoms with Crippen molar-refractivity contribution in [1.29, 1.82) is 0 Å². The van der Waals surface area contributed by atoms with Gasteiger partial charge in [-0.3, -0.25) is 4.90 Å². The Morgan fingerprint density at radius 2 is 2.18 bits per heavy atom. The van der Waals surface area contributed by atoms with Crippen LogP contribution in [-0.4, -0.2) is 63.7 Å². The Morgan fingerprint density at radius 3 is 2.76 bits per heavy atom. The maximum absolute atomic E-state index is 11.6. The number of hydrogen-bond donors (Lipinski definition) is 1. The van der Waals surface area contributed by atoms with E-state index in [0.29, 0.717) is 5.92 Å². The third-order valence-corrected chi connectivity index (χ3v) is 5.53. The first kappa shape index (κ1) is 13.3. The van der Waals surface area contributed by atoms with Crippen LogP contribution in [0.15, 0.2) is 0 Å². The molecule has 0 bridgehead atoms. The summed E-state index contributed by atoms with van der Waals surface area (Å²) in [6.45, 7) is 2.64. The lowest BCUT2D eigenvalue weighted by atomic mass is 9.96. The van der Waals surface area contributed by atoms with E-state index in [1.807, 2.05) is 0 Å². The van der Waals surface area contributed by atoms with Crippen LogP contribution in [0.2, 0.25) is 0 Å². The number of ether oxygens (including phenoxy) is 1. The standard InChI is InChI=1S/C11H22N2O3S/c1-16-6-9-3-2-4-13(5-9)11-8-17(14,15)7-10(11)12/h9-11H,2-8,12H2,1H3. The van der Waals surface area contributed by atoms with E-state index in [0.717, 1.165) is 26.1 Å². The maximum Gasteiger partial charge on any atom is 0.153 e. The summed E-state index contributed by atoms with van der Waals surface area (Å²) in [5.74, 6) is 0.890. The Labute approximate surface area is 103 Å². The Kier molecular flexibility index (Phi) is 4.07. The van der Waals surface area contributed by atoms with E-state index in [1.54, 1.807) is 7.11 Å². The first-order valence-electron chi connectivity index (χ1n) is 6.21. The molecular weight excluding hydrogens is 240 g/mol. The van der Waals surface area contributed by atoms with E-state index in [4.69, 9.17) is 10.5 Å². The molecule has 100 valence electrons. The molecule has 0 radical (unpaired) electrons. The van der Waals surface area contributed by atoms with E-state index >= 15 is 0 Å². The van der Waals surface area contributed by atoms with Crippen LogP contribution in [0.4, 0.5) is 0 Å². The minimum absolute atomic E-state index is 0.0136. The fourth-order valence-corrected chi connectivity index (χ4v) is 4.93. The highest BCUT2D eigenvalue weighted by atomic mass is 32.2. The van der Waals surface area contributed by atoms with Gasteiger partial charge in [0.15, 0.2) is 9.84 Å². The van der Waals surface area contributed by atoms with Crippen LogP contribution >= 0.6 is 0 Å². The number of rotatable bonds is 3. The second-order valence-electron chi connectivity index (χ2n) is 5.27. The second-order valence-corrected chi connectivity index (χ2v) is 7.42. The lowest BCUT2D eigenvalue weighted by molar-refractivity contribution is 0.0702. The molecule has 6 heteroatoms. The molecule has 0 amide bonds. The highest BCUT2D eigenvalue weighted by Crippen LogP contribution is 2.24. The number of nitrogens with zero attached hydrogens (tertiary/aromatic N) is 1. The van der Waals surface area contributed by atoms with Gasteiger partial charge in [-0.25, -0.2) is 8.42 Å². The summed E-state index contributed by atoms with van der Waals surface area (Å²) < 4.78 is 28.3. The predicted octanol–water partition coefficient (Wildman–Crippen LogP) is -0.531. The summed E-state index contributed by atoms with van der Waals surface area (Å²) in [6.07, 6.45) is 2.27. The smallest absolute Gasteiger partial charge is 0.153 e. The first-order valence-corrected chi connectivity index (χ1v) is 8.03. The summed E-state index contributed by atoms with van der Waals surface area (Å²) >= 11 is 0. The van der Waals surface area contributed by atoms with Crippen molar-refractivity contribution in [3.63, 3.8) is 0 Å². The minimum Gasteiger partial charge on any atom is -0.384 e. The molecule has 17 heavy (non-hydrogen) atoms. The summed E-state index contributed by atoms with van der Waals surface area (Å²) in [5.41, 5.74) is 5.95. The Hall–Kier alpha value is -0.170. The Morgan fingerprint density at radius 1 is 1.41 bits per heavy atom. The molecule has 2 aliphatic rings. The monoisotopic (exact) mass is 262 g/mol. The Balaban J connectivity index is 1.98. The molecule has 2 heterocycles. The number of likely N-dealkylation sites (tertiary alicyclic amines) is 1. The van der Waals surface area contributed by atoms with Crippen molar-refractivity contribution in [3.05, 3.63) is 0 Å². The molecule has 0 spiro atoms. The van der Waals surface area contributed by atoms with Crippen molar-refractivity contribution in [2.45, 2.75) is 24.9 Å². The number of piperidine rings is 1. The molecule has 2 saturated heterocycles. The molecular formula is C11H22N2O3S. The zero-order valence-electron chi connectivity index (χ0n) is 10.3. The lowest BCUT2D eigenvalue weighted by Gasteiger charge is -2.37. The molecule has 2 aliphatic heterocycles. The highest BCUT2D eigenvalue weighted by Gasteiger charge is 2.40. The molecule has 5 nitrogen and oxygen atoms in total. The van der Waals surface area contributed by atoms with Crippen molar-refractivity contribution >= 4 is 9.84 Å². The average Bonchev–Trinajstić information content (AvgIpc) is 2.53. The van der Waals surface area contributed by atoms with Gasteiger partial charge in [-0.05, 0) is 25.3 Å². The molecule has 3 atom stereocenters. The summed E-state index contributed by atoms with van der Waals surface area (Å²) in [6, 6.07) is -0.207. The van der Waals surface area contributed by atoms with Crippen molar-refractivity contribution in [1.82, 2.24) is 4.90 Å². The molecule has 0 saturated carbocycles. The third kappa shape index (κ3) is 3.19. The van der Waals surface area contributed by atoms with Gasteiger partial charge in [0.2, 0.25) is 0 Å². The fourth-order valence-electron chi connectivity index (χ4n) is 3.00. The van der Waals surface area contributed by atoms with Gasteiger partial charge in [-0.15, -0.1) is 0 Å². The maximum atomic E-state index is 11.6. The Bertz CT molecular complexity index is 356. The summed E-state index contributed by atoms with van der Waals surface area (Å²) in [4.78, 5) is 2.25. The normalized spacial score (nSPS) is 38.4. The van der Waals surface area contributed by atoms with Crippen LogP contribution in [-0.2, 0) is 14.6 Å². The van der Waals surface area contributed by atoms with E-state index in [-0.39, 0.29) is 23.6 Å². The van der Waals surface area contributed by atoms with Gasteiger partial charge in [0.25, 0.3) is 0 Å². The minimum atomic E-state index is -2.92. The van der Waals surface area contributed by atoms with E-state index in [9.17, 15) is 8.42 Å². The second kappa shape index (κ2) is 5.22. The van der Waals surface area contributed by atoms with Gasteiger partial charge in [0.05, 0.1) is 18.1 Å². The van der Waals surface area contributed by atoms with Crippen LogP contribution in [0.25, 0.3) is 0 Å². The number of methoxy groups -OCH3 is 1. The van der Waals surface area contributed by atoms with Crippen LogP contribution in [0.3, 0.4) is 0 Å². The van der Waals surface area contributed by atoms with Crippen molar-refractivity contribution in [2.75, 3.05) is 38.3 Å². The zero-order chi connectivity index (χ0) is 12.5. The molecule has 0 aromatic rings. The van der Waals surface area contributed by atoms with Gasteiger partial charge >= 0.3 is 0 Å². The molecule has 0 aromatic heterocycles. The fraction of sp³-hybridized carbons (Fsp3) is 1.00. The van der Waals surface area contributed by atoms with Gasteiger partial charge in [-0.1, -0.05) is 0 Å². The number of sulfone groups is 1. The van der Waals surface area contributed by atoms with Crippen molar-refractivity contribution < 1.29 is 13.2 Å². The van der Waals surface area contributed by atoms with Crippen LogP contribution in [0.5, 0.6) is 0 Å². The number of hydrogen-bond acceptors (Lipinski definition) is 5. The van der Waals surface area contributed by atoms with Gasteiger partial charge < -0.3 is 10.5 Å². The summed E-state index contributed by atoms with van der Waals surface area (Å²) in [5, 5.41) is 0. The van der Waals surface area contributed by atoms with E-state index in [1.165, 1.54) is 6.42 Å². The quantitative estimate of drug-likeness (QED) is 0.740. The molecule has 0 aromatic carbocycles. The highest BCUT2D eigenvalue weighted by molar-refractivity contribution is 7.91. The SMILES string of the molecule is COCC1CCCN(C2CS(=O)(=O)CC2N)C1. The topological polar surface area (TPSA) is 72.6 Å². The lowest BCUT2D eigenvalue weighted by Crippen LogP contribution is -2.51.